The fraction of sp³-hybridized carbons (Fsp3) is 0.636. The van der Waals surface area contributed by atoms with Gasteiger partial charge in [-0.15, -0.1) is 0 Å². The largest absolute Gasteiger partial charge is 0.355 e. The van der Waals surface area contributed by atoms with Crippen LogP contribution in [0.5, 0.6) is 0 Å². The summed E-state index contributed by atoms with van der Waals surface area (Å²) >= 11 is 0. The third-order valence-corrected chi connectivity index (χ3v) is 1.93. The first-order valence-electron chi connectivity index (χ1n) is 5.48. The Labute approximate surface area is 101 Å². The summed E-state index contributed by atoms with van der Waals surface area (Å²) in [6, 6.07) is 3.84. The first-order valence-corrected chi connectivity index (χ1v) is 5.48. The standard InChI is InChI=1S/C11H16N4O2/c12-6-2-8-14-10(16)4-1-5-11(17)15-9-3-7-13/h1-5,8-9H2,(H,14,16)(H,15,17). The topological polar surface area (TPSA) is 106 Å². The molecule has 0 aliphatic heterocycles. The van der Waals surface area contributed by atoms with E-state index in [2.05, 4.69) is 10.6 Å². The number of nitrogens with zero attached hydrogens (tertiary/aromatic N) is 2. The van der Waals surface area contributed by atoms with E-state index >= 15 is 0 Å². The van der Waals surface area contributed by atoms with Gasteiger partial charge in [0, 0.05) is 25.9 Å². The van der Waals surface area contributed by atoms with E-state index in [1.807, 2.05) is 12.1 Å². The van der Waals surface area contributed by atoms with E-state index < -0.39 is 0 Å². The predicted octanol–water partition coefficient (Wildman–Crippen LogP) is 0.216. The van der Waals surface area contributed by atoms with E-state index in [0.29, 0.717) is 32.4 Å². The van der Waals surface area contributed by atoms with Gasteiger partial charge in [-0.05, 0) is 6.42 Å². The van der Waals surface area contributed by atoms with Crippen molar-refractivity contribution in [1.29, 1.82) is 10.5 Å². The molecule has 0 spiro atoms. The molecular formula is C11H16N4O2. The monoisotopic (exact) mass is 236 g/mol. The molecule has 0 unspecified atom stereocenters. The van der Waals surface area contributed by atoms with Crippen molar-refractivity contribution in [3.05, 3.63) is 0 Å². The smallest absolute Gasteiger partial charge is 0.220 e. The first kappa shape index (κ1) is 14.9. The van der Waals surface area contributed by atoms with Crippen molar-refractivity contribution in [2.75, 3.05) is 13.1 Å². The number of hydrogen-bond donors (Lipinski definition) is 2. The van der Waals surface area contributed by atoms with Crippen molar-refractivity contribution in [3.63, 3.8) is 0 Å². The zero-order valence-corrected chi connectivity index (χ0v) is 9.66. The van der Waals surface area contributed by atoms with E-state index in [9.17, 15) is 9.59 Å². The van der Waals surface area contributed by atoms with E-state index in [1.54, 1.807) is 0 Å². The Kier molecular flexibility index (Phi) is 9.16. The molecule has 0 aromatic carbocycles. The van der Waals surface area contributed by atoms with Crippen molar-refractivity contribution in [1.82, 2.24) is 10.6 Å². The van der Waals surface area contributed by atoms with Crippen LogP contribution in [0.25, 0.3) is 0 Å². The zero-order valence-electron chi connectivity index (χ0n) is 9.66. The predicted molar refractivity (Wildman–Crippen MR) is 60.3 cm³/mol. The maximum absolute atomic E-state index is 11.2. The average molecular weight is 236 g/mol. The number of hydrogen-bond acceptors (Lipinski definition) is 4. The lowest BCUT2D eigenvalue weighted by atomic mass is 10.2. The summed E-state index contributed by atoms with van der Waals surface area (Å²) in [7, 11) is 0. The van der Waals surface area contributed by atoms with Crippen LogP contribution in [0.2, 0.25) is 0 Å². The van der Waals surface area contributed by atoms with Crippen LogP contribution in [-0.2, 0) is 9.59 Å². The molecule has 0 saturated carbocycles. The summed E-state index contributed by atoms with van der Waals surface area (Å²) < 4.78 is 0. The summed E-state index contributed by atoms with van der Waals surface area (Å²) in [5.41, 5.74) is 0. The third kappa shape index (κ3) is 10.2. The minimum absolute atomic E-state index is 0.148. The Morgan fingerprint density at radius 2 is 1.29 bits per heavy atom. The van der Waals surface area contributed by atoms with Gasteiger partial charge in [0.25, 0.3) is 0 Å². The maximum Gasteiger partial charge on any atom is 0.220 e. The molecule has 0 atom stereocenters. The number of nitrogens with one attached hydrogen (secondary N) is 2. The highest BCUT2D eigenvalue weighted by Crippen LogP contribution is 1.95. The molecule has 0 saturated heterocycles. The molecular weight excluding hydrogens is 220 g/mol. The highest BCUT2D eigenvalue weighted by molar-refractivity contribution is 5.78. The quantitative estimate of drug-likeness (QED) is 0.588. The molecule has 17 heavy (non-hydrogen) atoms. The van der Waals surface area contributed by atoms with Gasteiger partial charge in [-0.2, -0.15) is 10.5 Å². The highest BCUT2D eigenvalue weighted by atomic mass is 16.2. The van der Waals surface area contributed by atoms with Gasteiger partial charge in [0.15, 0.2) is 0 Å². The number of rotatable bonds is 8. The van der Waals surface area contributed by atoms with Crippen LogP contribution in [0.1, 0.15) is 32.1 Å². The second kappa shape index (κ2) is 10.4. The van der Waals surface area contributed by atoms with Gasteiger partial charge in [0.1, 0.15) is 0 Å². The van der Waals surface area contributed by atoms with Crippen LogP contribution in [0.3, 0.4) is 0 Å². The van der Waals surface area contributed by atoms with E-state index in [1.165, 1.54) is 0 Å². The lowest BCUT2D eigenvalue weighted by Gasteiger charge is -2.03. The maximum atomic E-state index is 11.2. The molecule has 2 N–H and O–H groups in total. The van der Waals surface area contributed by atoms with E-state index in [4.69, 9.17) is 10.5 Å². The Hall–Kier alpha value is -2.08. The molecule has 92 valence electrons. The first-order chi connectivity index (χ1) is 8.20. The van der Waals surface area contributed by atoms with Gasteiger partial charge in [0.05, 0.1) is 25.0 Å². The van der Waals surface area contributed by atoms with E-state index in [-0.39, 0.29) is 24.7 Å². The van der Waals surface area contributed by atoms with E-state index in [0.717, 1.165) is 0 Å². The molecule has 0 aliphatic rings. The van der Waals surface area contributed by atoms with Crippen molar-refractivity contribution in [2.45, 2.75) is 32.1 Å². The van der Waals surface area contributed by atoms with Crippen LogP contribution >= 0.6 is 0 Å². The molecule has 6 heteroatoms. The molecule has 0 aromatic rings. The summed E-state index contributed by atoms with van der Waals surface area (Å²) in [5, 5.41) is 21.7. The van der Waals surface area contributed by atoms with Crippen LogP contribution in [0.4, 0.5) is 0 Å². The van der Waals surface area contributed by atoms with Crippen LogP contribution in [-0.4, -0.2) is 24.9 Å². The van der Waals surface area contributed by atoms with Crippen molar-refractivity contribution >= 4 is 11.8 Å². The molecule has 6 nitrogen and oxygen atoms in total. The summed E-state index contributed by atoms with van der Waals surface area (Å²) in [6.45, 7) is 0.702. The minimum Gasteiger partial charge on any atom is -0.355 e. The summed E-state index contributed by atoms with van der Waals surface area (Å²) in [5.74, 6) is -0.296. The number of nitriles is 2. The molecule has 0 bridgehead atoms. The highest BCUT2D eigenvalue weighted by Gasteiger charge is 2.04. The fourth-order valence-corrected chi connectivity index (χ4v) is 1.10. The van der Waals surface area contributed by atoms with Gasteiger partial charge in [-0.3, -0.25) is 9.59 Å². The van der Waals surface area contributed by atoms with Crippen molar-refractivity contribution in [2.24, 2.45) is 0 Å². The van der Waals surface area contributed by atoms with Gasteiger partial charge < -0.3 is 10.6 Å². The average Bonchev–Trinajstić information content (AvgIpc) is 2.30. The minimum atomic E-state index is -0.148. The summed E-state index contributed by atoms with van der Waals surface area (Å²) in [6.07, 6.45) is 1.60. The Morgan fingerprint density at radius 1 is 0.882 bits per heavy atom. The van der Waals surface area contributed by atoms with Gasteiger partial charge >= 0.3 is 0 Å². The second-order valence-corrected chi connectivity index (χ2v) is 3.37. The number of amides is 2. The number of carbonyl (C=O) groups is 2. The molecule has 0 fully saturated rings. The van der Waals surface area contributed by atoms with Gasteiger partial charge in [0.2, 0.25) is 11.8 Å². The van der Waals surface area contributed by atoms with Crippen molar-refractivity contribution in [3.8, 4) is 12.1 Å². The molecule has 0 radical (unpaired) electrons. The van der Waals surface area contributed by atoms with Crippen LogP contribution < -0.4 is 10.6 Å². The van der Waals surface area contributed by atoms with Crippen LogP contribution in [0, 0.1) is 22.7 Å². The Bertz CT molecular complexity index is 295. The summed E-state index contributed by atoms with van der Waals surface area (Å²) in [4.78, 5) is 22.3. The Balaban J connectivity index is 3.43. The number of carbonyl (C=O) groups excluding carboxylic acids is 2. The second-order valence-electron chi connectivity index (χ2n) is 3.37. The zero-order chi connectivity index (χ0) is 12.9. The SMILES string of the molecule is N#CCCNC(=O)CCCC(=O)NCCC#N. The van der Waals surface area contributed by atoms with Gasteiger partial charge in [-0.25, -0.2) is 0 Å². The Morgan fingerprint density at radius 3 is 1.65 bits per heavy atom. The lowest BCUT2D eigenvalue weighted by Crippen LogP contribution is -2.26. The van der Waals surface area contributed by atoms with Gasteiger partial charge in [-0.1, -0.05) is 0 Å². The molecule has 0 aromatic heterocycles. The molecule has 0 rings (SSSR count). The molecule has 2 amide bonds. The molecule has 0 heterocycles. The van der Waals surface area contributed by atoms with Crippen LogP contribution in [0.15, 0.2) is 0 Å². The van der Waals surface area contributed by atoms with Crippen molar-refractivity contribution < 1.29 is 9.59 Å². The lowest BCUT2D eigenvalue weighted by molar-refractivity contribution is -0.122. The normalized spacial score (nSPS) is 8.82. The molecule has 0 aliphatic carbocycles. The third-order valence-electron chi connectivity index (χ3n) is 1.93. The fourth-order valence-electron chi connectivity index (χ4n) is 1.10.